The van der Waals surface area contributed by atoms with Crippen LogP contribution in [0.2, 0.25) is 0 Å². The van der Waals surface area contributed by atoms with Gasteiger partial charge in [-0.05, 0) is 18.9 Å². The van der Waals surface area contributed by atoms with Crippen molar-refractivity contribution in [3.8, 4) is 5.69 Å². The summed E-state index contributed by atoms with van der Waals surface area (Å²) < 4.78 is 106. The van der Waals surface area contributed by atoms with Crippen LogP contribution >= 0.6 is 0 Å². The Morgan fingerprint density at radius 1 is 1.05 bits per heavy atom. The maximum Gasteiger partial charge on any atom is 0.290 e. The van der Waals surface area contributed by atoms with Crippen LogP contribution in [0, 0.1) is 29.2 Å². The van der Waals surface area contributed by atoms with Crippen LogP contribution in [-0.2, 0) is 4.74 Å². The summed E-state index contributed by atoms with van der Waals surface area (Å²) in [6.07, 6.45) is -2.93. The Hall–Kier alpha value is -3.68. The number of aromatic nitrogens is 2. The molecular weight excluding hydrogens is 525 g/mol. The van der Waals surface area contributed by atoms with Gasteiger partial charge < -0.3 is 15.0 Å². The molecule has 3 aromatic rings. The zero-order valence-corrected chi connectivity index (χ0v) is 19.4. The molecule has 1 N–H and O–H groups in total. The number of carbonyl (C=O) groups is 1. The lowest BCUT2D eigenvalue weighted by molar-refractivity contribution is -0.0671. The highest BCUT2D eigenvalue weighted by molar-refractivity contribution is 5.97. The molecule has 1 unspecified atom stereocenters. The zero-order chi connectivity index (χ0) is 27.4. The van der Waals surface area contributed by atoms with Gasteiger partial charge in [0.1, 0.15) is 17.1 Å². The summed E-state index contributed by atoms with van der Waals surface area (Å²) in [5.41, 5.74) is -3.75. The standard InChI is InChI=1S/C24H19F7N4O3/c25-12-7-15(26)18(16(27)8-12)35-10-14(22(37)33-24(31,23(29)30)11-1-2-11)19(36)13-9-17(28)21(32-20(13)35)34-3-5-38-6-4-34/h7-11,23H,1-6H2,(H,33,37). The molecule has 0 spiro atoms. The van der Waals surface area contributed by atoms with Crippen LogP contribution in [0.4, 0.5) is 36.6 Å². The largest absolute Gasteiger partial charge is 0.378 e. The monoisotopic (exact) mass is 544 g/mol. The van der Waals surface area contributed by atoms with Crippen molar-refractivity contribution in [2.45, 2.75) is 25.1 Å². The molecule has 5 rings (SSSR count). The Balaban J connectivity index is 1.74. The number of hydrogen-bond donors (Lipinski definition) is 1. The smallest absolute Gasteiger partial charge is 0.290 e. The van der Waals surface area contributed by atoms with Crippen LogP contribution in [-0.4, -0.2) is 54.0 Å². The quantitative estimate of drug-likeness (QED) is 0.377. The molecule has 2 fully saturated rings. The molecule has 1 saturated carbocycles. The molecular formula is C24H19F7N4O3. The SMILES string of the molecule is O=C(NC(F)(C(F)F)C1CC1)c1cn(-c2c(F)cc(F)cc2F)c2nc(N3CCOCC3)c(F)cc2c1=O. The van der Waals surface area contributed by atoms with Gasteiger partial charge in [0.25, 0.3) is 12.3 Å². The fourth-order valence-electron chi connectivity index (χ4n) is 4.39. The predicted molar refractivity (Wildman–Crippen MR) is 120 cm³/mol. The van der Waals surface area contributed by atoms with Gasteiger partial charge in [0, 0.05) is 37.3 Å². The lowest BCUT2D eigenvalue weighted by Gasteiger charge is -2.28. The number of pyridine rings is 2. The van der Waals surface area contributed by atoms with E-state index in [-0.39, 0.29) is 45.0 Å². The lowest BCUT2D eigenvalue weighted by Crippen LogP contribution is -2.53. The first-order valence-corrected chi connectivity index (χ1v) is 11.5. The number of carbonyl (C=O) groups excluding carboxylic acids is 1. The summed E-state index contributed by atoms with van der Waals surface area (Å²) in [5.74, 6) is -11.8. The Labute approximate surface area is 209 Å². The summed E-state index contributed by atoms with van der Waals surface area (Å²) in [6.45, 7) is 0.852. The second-order valence-corrected chi connectivity index (χ2v) is 9.02. The Morgan fingerprint density at radius 2 is 1.68 bits per heavy atom. The first-order chi connectivity index (χ1) is 18.0. The van der Waals surface area contributed by atoms with Crippen molar-refractivity contribution < 1.29 is 40.3 Å². The summed E-state index contributed by atoms with van der Waals surface area (Å²) in [5, 5.41) is 0.869. The van der Waals surface area contributed by atoms with E-state index in [2.05, 4.69) is 4.98 Å². The number of nitrogens with zero attached hydrogens (tertiary/aromatic N) is 3. The number of alkyl halides is 3. The Kier molecular flexibility index (Phi) is 6.53. The number of rotatable bonds is 6. The van der Waals surface area contributed by atoms with Gasteiger partial charge in [0.15, 0.2) is 28.9 Å². The number of morpholine rings is 1. The highest BCUT2D eigenvalue weighted by Crippen LogP contribution is 2.44. The van der Waals surface area contributed by atoms with Gasteiger partial charge in [0.2, 0.25) is 11.2 Å². The van der Waals surface area contributed by atoms with E-state index in [4.69, 9.17) is 4.74 Å². The summed E-state index contributed by atoms with van der Waals surface area (Å²) in [4.78, 5) is 31.6. The minimum Gasteiger partial charge on any atom is -0.378 e. The van der Waals surface area contributed by atoms with Crippen molar-refractivity contribution in [3.05, 3.63) is 63.5 Å². The molecule has 0 radical (unpaired) electrons. The third kappa shape index (κ3) is 4.46. The molecule has 1 aromatic carbocycles. The van der Waals surface area contributed by atoms with E-state index in [1.54, 1.807) is 0 Å². The van der Waals surface area contributed by atoms with Crippen molar-refractivity contribution in [2.75, 3.05) is 31.2 Å². The molecule has 1 saturated heterocycles. The maximum atomic E-state index is 15.1. The fraction of sp³-hybridized carbons (Fsp3) is 0.375. The van der Waals surface area contributed by atoms with Crippen LogP contribution in [0.1, 0.15) is 23.2 Å². The van der Waals surface area contributed by atoms with E-state index in [0.717, 1.165) is 0 Å². The summed E-state index contributed by atoms with van der Waals surface area (Å²) >= 11 is 0. The van der Waals surface area contributed by atoms with Crippen LogP contribution in [0.25, 0.3) is 16.7 Å². The lowest BCUT2D eigenvalue weighted by atomic mass is 10.1. The van der Waals surface area contributed by atoms with Crippen LogP contribution in [0.5, 0.6) is 0 Å². The third-order valence-electron chi connectivity index (χ3n) is 6.49. The molecule has 2 aliphatic rings. The molecule has 1 atom stereocenters. The molecule has 2 aromatic heterocycles. The predicted octanol–water partition coefficient (Wildman–Crippen LogP) is 3.85. The van der Waals surface area contributed by atoms with Gasteiger partial charge >= 0.3 is 0 Å². The van der Waals surface area contributed by atoms with Crippen molar-refractivity contribution in [3.63, 3.8) is 0 Å². The summed E-state index contributed by atoms with van der Waals surface area (Å²) in [6, 6.07) is 1.33. The minimum atomic E-state index is -3.64. The second-order valence-electron chi connectivity index (χ2n) is 9.02. The molecule has 38 heavy (non-hydrogen) atoms. The summed E-state index contributed by atoms with van der Waals surface area (Å²) in [7, 11) is 0. The van der Waals surface area contributed by atoms with Gasteiger partial charge in [-0.1, -0.05) is 0 Å². The number of benzene rings is 1. The minimum absolute atomic E-state index is 0.0640. The highest BCUT2D eigenvalue weighted by atomic mass is 19.3. The Bertz CT molecular complexity index is 1460. The molecule has 7 nitrogen and oxygen atoms in total. The molecule has 14 heteroatoms. The van der Waals surface area contributed by atoms with E-state index < -0.39 is 75.0 Å². The van der Waals surface area contributed by atoms with Gasteiger partial charge in [-0.2, -0.15) is 0 Å². The first kappa shape index (κ1) is 25.9. The van der Waals surface area contributed by atoms with Crippen molar-refractivity contribution in [1.82, 2.24) is 14.9 Å². The van der Waals surface area contributed by atoms with Crippen molar-refractivity contribution in [1.29, 1.82) is 0 Å². The number of hydrogen-bond acceptors (Lipinski definition) is 5. The normalized spacial score (nSPS) is 17.6. The van der Waals surface area contributed by atoms with Crippen molar-refractivity contribution >= 4 is 22.8 Å². The van der Waals surface area contributed by atoms with Crippen LogP contribution in [0.15, 0.2) is 29.2 Å². The fourth-order valence-corrected chi connectivity index (χ4v) is 4.39. The van der Waals surface area contributed by atoms with E-state index in [9.17, 15) is 35.9 Å². The topological polar surface area (TPSA) is 76.5 Å². The van der Waals surface area contributed by atoms with E-state index in [1.807, 2.05) is 0 Å². The third-order valence-corrected chi connectivity index (χ3v) is 6.49. The van der Waals surface area contributed by atoms with Crippen LogP contribution in [0.3, 0.4) is 0 Å². The number of fused-ring (bicyclic) bond motifs is 1. The number of anilines is 1. The molecule has 1 aliphatic carbocycles. The van der Waals surface area contributed by atoms with Crippen molar-refractivity contribution in [2.24, 2.45) is 5.92 Å². The maximum absolute atomic E-state index is 15.1. The molecule has 3 heterocycles. The van der Waals surface area contributed by atoms with E-state index >= 15 is 4.39 Å². The second kappa shape index (κ2) is 9.57. The number of nitrogens with one attached hydrogen (secondary N) is 1. The molecule has 1 amide bonds. The average Bonchev–Trinajstić information content (AvgIpc) is 3.71. The molecule has 1 aliphatic heterocycles. The molecule has 202 valence electrons. The number of ether oxygens (including phenoxy) is 1. The van der Waals surface area contributed by atoms with Gasteiger partial charge in [-0.3, -0.25) is 14.2 Å². The highest BCUT2D eigenvalue weighted by Gasteiger charge is 2.54. The zero-order valence-electron chi connectivity index (χ0n) is 19.4. The van der Waals surface area contributed by atoms with E-state index in [1.165, 1.54) is 10.2 Å². The molecule has 0 bridgehead atoms. The first-order valence-electron chi connectivity index (χ1n) is 11.5. The van der Waals surface area contributed by atoms with Gasteiger partial charge in [-0.25, -0.2) is 35.7 Å². The number of halogens is 7. The van der Waals surface area contributed by atoms with Gasteiger partial charge in [0.05, 0.1) is 18.6 Å². The van der Waals surface area contributed by atoms with Crippen LogP contribution < -0.4 is 15.6 Å². The van der Waals surface area contributed by atoms with Gasteiger partial charge in [-0.15, -0.1) is 0 Å². The number of amides is 1. The van der Waals surface area contributed by atoms with E-state index in [0.29, 0.717) is 29.0 Å². The average molecular weight is 544 g/mol. The Morgan fingerprint density at radius 3 is 2.26 bits per heavy atom.